The zero-order valence-corrected chi connectivity index (χ0v) is 19.4. The number of methoxy groups -OCH3 is 2. The van der Waals surface area contributed by atoms with E-state index < -0.39 is 16.1 Å². The number of nitrogens with one attached hydrogen (secondary N) is 1. The standard InChI is InChI=1S/C24H23ClN2O4S/c1-16-8-11-18(12-9-16)32(28,29)27-22(19-6-4-5-7-20(19)25)15-21(26-27)17-10-13-23(30-2)24(14-17)31-3/h4-15,22,26H,1-3H3. The lowest BCUT2D eigenvalue weighted by Crippen LogP contribution is -2.39. The largest absolute Gasteiger partial charge is 0.493 e. The predicted octanol–water partition coefficient (Wildman–Crippen LogP) is 4.96. The van der Waals surface area contributed by atoms with E-state index in [1.165, 1.54) is 4.41 Å². The Bertz CT molecular complexity index is 1270. The summed E-state index contributed by atoms with van der Waals surface area (Å²) in [7, 11) is -0.766. The van der Waals surface area contributed by atoms with Crippen LogP contribution in [0.1, 0.15) is 22.7 Å². The molecule has 0 bridgehead atoms. The van der Waals surface area contributed by atoms with E-state index in [0.29, 0.717) is 27.8 Å². The predicted molar refractivity (Wildman–Crippen MR) is 125 cm³/mol. The first-order valence-electron chi connectivity index (χ1n) is 9.91. The summed E-state index contributed by atoms with van der Waals surface area (Å²) in [5.41, 5.74) is 6.10. The summed E-state index contributed by atoms with van der Waals surface area (Å²) in [5.74, 6) is 1.13. The molecular formula is C24H23ClN2O4S. The molecule has 1 heterocycles. The highest BCUT2D eigenvalue weighted by molar-refractivity contribution is 7.89. The summed E-state index contributed by atoms with van der Waals surface area (Å²) < 4.78 is 39.1. The van der Waals surface area contributed by atoms with Crippen LogP contribution < -0.4 is 14.9 Å². The number of benzene rings is 3. The number of hydrazine groups is 1. The van der Waals surface area contributed by atoms with E-state index in [1.54, 1.807) is 56.7 Å². The Morgan fingerprint density at radius 3 is 2.28 bits per heavy atom. The van der Waals surface area contributed by atoms with E-state index in [9.17, 15) is 8.42 Å². The van der Waals surface area contributed by atoms with Crippen LogP contribution in [0.15, 0.2) is 77.7 Å². The molecule has 0 aromatic heterocycles. The van der Waals surface area contributed by atoms with Crippen molar-refractivity contribution in [3.63, 3.8) is 0 Å². The van der Waals surface area contributed by atoms with Gasteiger partial charge in [0.2, 0.25) is 0 Å². The average molecular weight is 471 g/mol. The number of nitrogens with zero attached hydrogens (tertiary/aromatic N) is 1. The third-order valence-corrected chi connectivity index (χ3v) is 7.35. The van der Waals surface area contributed by atoms with Crippen LogP contribution in [0.2, 0.25) is 5.02 Å². The van der Waals surface area contributed by atoms with Crippen molar-refractivity contribution in [2.45, 2.75) is 17.9 Å². The van der Waals surface area contributed by atoms with Crippen LogP contribution in [-0.4, -0.2) is 27.1 Å². The van der Waals surface area contributed by atoms with Crippen molar-refractivity contribution >= 4 is 27.3 Å². The van der Waals surface area contributed by atoms with Crippen molar-refractivity contribution in [3.05, 3.63) is 94.5 Å². The van der Waals surface area contributed by atoms with Gasteiger partial charge in [0.05, 0.1) is 30.9 Å². The fourth-order valence-corrected chi connectivity index (χ4v) is 5.23. The number of aryl methyl sites for hydroxylation is 1. The molecule has 0 amide bonds. The van der Waals surface area contributed by atoms with E-state index in [4.69, 9.17) is 21.1 Å². The molecule has 1 N–H and O–H groups in total. The number of hydrogen-bond donors (Lipinski definition) is 1. The summed E-state index contributed by atoms with van der Waals surface area (Å²) in [5, 5.41) is 0.480. The molecule has 32 heavy (non-hydrogen) atoms. The molecule has 1 aliphatic rings. The van der Waals surface area contributed by atoms with Crippen LogP contribution in [0, 0.1) is 6.92 Å². The Labute approximate surface area is 193 Å². The second-order valence-corrected chi connectivity index (χ2v) is 9.56. The molecule has 8 heteroatoms. The van der Waals surface area contributed by atoms with Gasteiger partial charge in [-0.3, -0.25) is 0 Å². The van der Waals surface area contributed by atoms with E-state index in [1.807, 2.05) is 37.3 Å². The lowest BCUT2D eigenvalue weighted by Gasteiger charge is -2.25. The Hall–Kier alpha value is -3.00. The van der Waals surface area contributed by atoms with Crippen molar-refractivity contribution in [3.8, 4) is 11.5 Å². The maximum atomic E-state index is 13.6. The van der Waals surface area contributed by atoms with Gasteiger partial charge in [0.15, 0.2) is 11.5 Å². The van der Waals surface area contributed by atoms with Gasteiger partial charge in [-0.25, -0.2) is 8.42 Å². The quantitative estimate of drug-likeness (QED) is 0.551. The minimum absolute atomic E-state index is 0.189. The Morgan fingerprint density at radius 1 is 0.938 bits per heavy atom. The topological polar surface area (TPSA) is 67.9 Å². The van der Waals surface area contributed by atoms with Crippen molar-refractivity contribution in [1.82, 2.24) is 9.84 Å². The highest BCUT2D eigenvalue weighted by Gasteiger charge is 2.38. The van der Waals surface area contributed by atoms with Gasteiger partial charge in [-0.15, -0.1) is 4.41 Å². The van der Waals surface area contributed by atoms with Crippen LogP contribution >= 0.6 is 11.6 Å². The van der Waals surface area contributed by atoms with Crippen LogP contribution in [0.3, 0.4) is 0 Å². The number of rotatable bonds is 6. The molecule has 1 unspecified atom stereocenters. The van der Waals surface area contributed by atoms with Crippen molar-refractivity contribution in [2.75, 3.05) is 14.2 Å². The van der Waals surface area contributed by atoms with Crippen LogP contribution in [0.4, 0.5) is 0 Å². The van der Waals surface area contributed by atoms with Gasteiger partial charge in [-0.05, 0) is 55.0 Å². The van der Waals surface area contributed by atoms with E-state index >= 15 is 0 Å². The fraction of sp³-hybridized carbons (Fsp3) is 0.167. The molecule has 3 aromatic carbocycles. The molecule has 0 radical (unpaired) electrons. The van der Waals surface area contributed by atoms with E-state index in [0.717, 1.165) is 11.1 Å². The molecule has 3 aromatic rings. The zero-order chi connectivity index (χ0) is 22.9. The van der Waals surface area contributed by atoms with E-state index in [2.05, 4.69) is 5.43 Å². The summed E-state index contributed by atoms with van der Waals surface area (Å²) in [6.45, 7) is 1.91. The van der Waals surface area contributed by atoms with E-state index in [-0.39, 0.29) is 4.90 Å². The normalized spacial score (nSPS) is 16.4. The molecular weight excluding hydrogens is 448 g/mol. The molecule has 4 rings (SSSR count). The molecule has 6 nitrogen and oxygen atoms in total. The summed E-state index contributed by atoms with van der Waals surface area (Å²) in [4.78, 5) is 0.189. The van der Waals surface area contributed by atoms with Gasteiger partial charge in [0.25, 0.3) is 10.0 Å². The molecule has 0 spiro atoms. The van der Waals surface area contributed by atoms with Crippen LogP contribution in [-0.2, 0) is 10.0 Å². The van der Waals surface area contributed by atoms with Crippen molar-refractivity contribution in [1.29, 1.82) is 0 Å². The summed E-state index contributed by atoms with van der Waals surface area (Å²) >= 11 is 6.45. The average Bonchev–Trinajstić information content (AvgIpc) is 3.25. The first kappa shape index (κ1) is 22.2. The van der Waals surface area contributed by atoms with Crippen molar-refractivity contribution < 1.29 is 17.9 Å². The highest BCUT2D eigenvalue weighted by atomic mass is 35.5. The summed E-state index contributed by atoms with van der Waals surface area (Å²) in [6.07, 6.45) is 1.84. The smallest absolute Gasteiger partial charge is 0.260 e. The van der Waals surface area contributed by atoms with Crippen molar-refractivity contribution in [2.24, 2.45) is 0 Å². The van der Waals surface area contributed by atoms with Gasteiger partial charge in [0.1, 0.15) is 0 Å². The molecule has 0 fully saturated rings. The van der Waals surface area contributed by atoms with Crippen LogP contribution in [0.25, 0.3) is 5.70 Å². The van der Waals surface area contributed by atoms with Gasteiger partial charge in [-0.2, -0.15) is 0 Å². The van der Waals surface area contributed by atoms with Gasteiger partial charge < -0.3 is 14.9 Å². The van der Waals surface area contributed by atoms with Gasteiger partial charge in [0, 0.05) is 10.6 Å². The second-order valence-electron chi connectivity index (χ2n) is 7.34. The Morgan fingerprint density at radius 2 is 1.62 bits per heavy atom. The van der Waals surface area contributed by atoms with Gasteiger partial charge in [-0.1, -0.05) is 47.5 Å². The monoisotopic (exact) mass is 470 g/mol. The molecule has 0 saturated carbocycles. The number of hydrogen-bond acceptors (Lipinski definition) is 5. The molecule has 0 saturated heterocycles. The number of sulfonamides is 1. The third-order valence-electron chi connectivity index (χ3n) is 5.30. The molecule has 0 aliphatic carbocycles. The molecule has 166 valence electrons. The van der Waals surface area contributed by atoms with Crippen LogP contribution in [0.5, 0.6) is 11.5 Å². The SMILES string of the molecule is COc1ccc(C2=CC(c3ccccc3Cl)N(S(=O)(=O)c3ccc(C)cc3)N2)cc1OC. The minimum atomic E-state index is -3.88. The second kappa shape index (κ2) is 8.86. The maximum Gasteiger partial charge on any atom is 0.260 e. The first-order chi connectivity index (χ1) is 15.3. The van der Waals surface area contributed by atoms with Gasteiger partial charge >= 0.3 is 0 Å². The molecule has 1 atom stereocenters. The summed E-state index contributed by atoms with van der Waals surface area (Å²) in [6, 6.07) is 18.7. The molecule has 1 aliphatic heterocycles. The lowest BCUT2D eigenvalue weighted by molar-refractivity contribution is 0.347. The fourth-order valence-electron chi connectivity index (χ4n) is 3.58. The first-order valence-corrected chi connectivity index (χ1v) is 11.7. The Kier molecular flexibility index (Phi) is 6.15. The highest BCUT2D eigenvalue weighted by Crippen LogP contribution is 2.39. The Balaban J connectivity index is 1.81. The minimum Gasteiger partial charge on any atom is -0.493 e. The third kappa shape index (κ3) is 4.07. The number of halogens is 1. The maximum absolute atomic E-state index is 13.6. The number of ether oxygens (including phenoxy) is 2. The lowest BCUT2D eigenvalue weighted by atomic mass is 10.1. The zero-order valence-electron chi connectivity index (χ0n) is 17.9.